The van der Waals surface area contributed by atoms with Gasteiger partial charge in [-0.1, -0.05) is 74.0 Å². The minimum Gasteiger partial charge on any atom is -0.207 e. The van der Waals surface area contributed by atoms with Crippen LogP contribution in [0.25, 0.3) is 6.08 Å². The molecule has 0 saturated carbocycles. The average Bonchev–Trinajstić information content (AvgIpc) is 2.79. The number of aryl methyl sites for hydroxylation is 1. The smallest absolute Gasteiger partial charge is 0.207 e. The van der Waals surface area contributed by atoms with Crippen molar-refractivity contribution in [2.45, 2.75) is 51.0 Å². The van der Waals surface area contributed by atoms with Crippen LogP contribution in [-0.2, 0) is 10.0 Å². The third-order valence-electron chi connectivity index (χ3n) is 5.30. The standard InChI is InChI=1S/C23H29NO2S/c1-19-10-14-22(15-11-19)27(25,26)24-17-7-16-23(2,3)18-21(24)13-12-20-8-5-4-6-9-20/h4-6,8-15,21H,7,16-18H2,1-3H3/b13-12+. The molecule has 0 spiro atoms. The molecular formula is C23H29NO2S. The largest absolute Gasteiger partial charge is 0.243 e. The molecule has 2 aromatic carbocycles. The van der Waals surface area contributed by atoms with Crippen LogP contribution >= 0.6 is 0 Å². The topological polar surface area (TPSA) is 37.4 Å². The zero-order chi connectivity index (χ0) is 19.5. The highest BCUT2D eigenvalue weighted by molar-refractivity contribution is 7.89. The minimum absolute atomic E-state index is 0.114. The molecule has 0 N–H and O–H groups in total. The van der Waals surface area contributed by atoms with Crippen LogP contribution in [0.5, 0.6) is 0 Å². The summed E-state index contributed by atoms with van der Waals surface area (Å²) in [6.45, 7) is 7.00. The van der Waals surface area contributed by atoms with E-state index in [1.807, 2.05) is 55.5 Å². The zero-order valence-corrected chi connectivity index (χ0v) is 17.2. The molecule has 1 aliphatic rings. The number of nitrogens with zero attached hydrogens (tertiary/aromatic N) is 1. The predicted octanol–water partition coefficient (Wildman–Crippen LogP) is 5.28. The van der Waals surface area contributed by atoms with Gasteiger partial charge in [0, 0.05) is 12.6 Å². The molecule has 3 nitrogen and oxygen atoms in total. The normalized spacial score (nSPS) is 21.2. The quantitative estimate of drug-likeness (QED) is 0.720. The molecule has 4 heteroatoms. The average molecular weight is 384 g/mol. The molecule has 0 radical (unpaired) electrons. The van der Waals surface area contributed by atoms with Gasteiger partial charge in [-0.3, -0.25) is 0 Å². The van der Waals surface area contributed by atoms with Crippen LogP contribution in [-0.4, -0.2) is 25.3 Å². The van der Waals surface area contributed by atoms with E-state index in [1.165, 1.54) is 0 Å². The summed E-state index contributed by atoms with van der Waals surface area (Å²) in [5.74, 6) is 0. The third kappa shape index (κ3) is 4.88. The molecular weight excluding hydrogens is 354 g/mol. The van der Waals surface area contributed by atoms with Crippen LogP contribution in [0.3, 0.4) is 0 Å². The van der Waals surface area contributed by atoms with Gasteiger partial charge in [-0.15, -0.1) is 0 Å². The Morgan fingerprint density at radius 3 is 2.37 bits per heavy atom. The van der Waals surface area contributed by atoms with Gasteiger partial charge >= 0.3 is 0 Å². The van der Waals surface area contributed by atoms with Crippen LogP contribution in [0.1, 0.15) is 44.2 Å². The lowest BCUT2D eigenvalue weighted by atomic mass is 9.83. The Bertz CT molecular complexity index is 884. The van der Waals surface area contributed by atoms with E-state index in [2.05, 4.69) is 19.9 Å². The minimum atomic E-state index is -3.52. The molecule has 1 atom stereocenters. The van der Waals surface area contributed by atoms with E-state index in [0.29, 0.717) is 11.4 Å². The summed E-state index contributed by atoms with van der Waals surface area (Å²) < 4.78 is 28.5. The first kappa shape index (κ1) is 19.8. The van der Waals surface area contributed by atoms with Gasteiger partial charge in [-0.25, -0.2) is 8.42 Å². The maximum atomic E-state index is 13.4. The molecule has 0 aliphatic carbocycles. The first-order valence-electron chi connectivity index (χ1n) is 9.60. The van der Waals surface area contributed by atoms with E-state index in [-0.39, 0.29) is 11.5 Å². The highest BCUT2D eigenvalue weighted by Gasteiger charge is 2.36. The molecule has 0 bridgehead atoms. The van der Waals surface area contributed by atoms with Gasteiger partial charge in [0.15, 0.2) is 0 Å². The van der Waals surface area contributed by atoms with Gasteiger partial charge in [0.2, 0.25) is 10.0 Å². The molecule has 27 heavy (non-hydrogen) atoms. The fourth-order valence-electron chi connectivity index (χ4n) is 3.74. The Hall–Kier alpha value is -1.91. The van der Waals surface area contributed by atoms with E-state index in [1.54, 1.807) is 16.4 Å². The third-order valence-corrected chi connectivity index (χ3v) is 7.24. The first-order chi connectivity index (χ1) is 12.8. The maximum Gasteiger partial charge on any atom is 0.243 e. The van der Waals surface area contributed by atoms with Crippen molar-refractivity contribution in [1.29, 1.82) is 0 Å². The number of hydrogen-bond donors (Lipinski definition) is 0. The lowest BCUT2D eigenvalue weighted by Gasteiger charge is -2.30. The zero-order valence-electron chi connectivity index (χ0n) is 16.4. The van der Waals surface area contributed by atoms with Crippen LogP contribution in [0.15, 0.2) is 65.6 Å². The summed E-state index contributed by atoms with van der Waals surface area (Å²) in [4.78, 5) is 0.380. The van der Waals surface area contributed by atoms with E-state index in [0.717, 1.165) is 30.4 Å². The molecule has 1 unspecified atom stereocenters. The van der Waals surface area contributed by atoms with Gasteiger partial charge in [-0.05, 0) is 49.3 Å². The second-order valence-corrected chi connectivity index (χ2v) is 10.1. The lowest BCUT2D eigenvalue weighted by Crippen LogP contribution is -2.39. The molecule has 1 heterocycles. The molecule has 1 saturated heterocycles. The Kier molecular flexibility index (Phi) is 5.87. The highest BCUT2D eigenvalue weighted by Crippen LogP contribution is 2.36. The molecule has 1 aliphatic heterocycles. The summed E-state index contributed by atoms with van der Waals surface area (Å²) in [6.07, 6.45) is 6.84. The van der Waals surface area contributed by atoms with E-state index < -0.39 is 10.0 Å². The molecule has 144 valence electrons. The second kappa shape index (κ2) is 7.99. The number of benzene rings is 2. The second-order valence-electron chi connectivity index (χ2n) is 8.24. The van der Waals surface area contributed by atoms with Crippen LogP contribution < -0.4 is 0 Å². The van der Waals surface area contributed by atoms with Crippen molar-refractivity contribution in [2.75, 3.05) is 6.54 Å². The Morgan fingerprint density at radius 2 is 1.70 bits per heavy atom. The van der Waals surface area contributed by atoms with Crippen LogP contribution in [0, 0.1) is 12.3 Å². The number of sulfonamides is 1. The molecule has 1 fully saturated rings. The summed E-state index contributed by atoms with van der Waals surface area (Å²) in [5.41, 5.74) is 2.27. The Balaban J connectivity index is 1.96. The van der Waals surface area contributed by atoms with Gasteiger partial charge in [0.05, 0.1) is 4.90 Å². The first-order valence-corrected chi connectivity index (χ1v) is 11.0. The Labute approximate surface area is 163 Å². The van der Waals surface area contributed by atoms with Crippen molar-refractivity contribution in [3.63, 3.8) is 0 Å². The van der Waals surface area contributed by atoms with Crippen molar-refractivity contribution < 1.29 is 8.42 Å². The van der Waals surface area contributed by atoms with Crippen molar-refractivity contribution in [3.05, 3.63) is 71.8 Å². The lowest BCUT2D eigenvalue weighted by molar-refractivity contribution is 0.282. The van der Waals surface area contributed by atoms with E-state index in [9.17, 15) is 8.42 Å². The summed E-state index contributed by atoms with van der Waals surface area (Å²) in [6, 6.07) is 17.1. The summed E-state index contributed by atoms with van der Waals surface area (Å²) >= 11 is 0. The van der Waals surface area contributed by atoms with E-state index in [4.69, 9.17) is 0 Å². The molecule has 3 rings (SSSR count). The van der Waals surface area contributed by atoms with Crippen molar-refractivity contribution in [3.8, 4) is 0 Å². The van der Waals surface area contributed by atoms with Crippen molar-refractivity contribution in [2.24, 2.45) is 5.41 Å². The Morgan fingerprint density at radius 1 is 1.04 bits per heavy atom. The van der Waals surface area contributed by atoms with Crippen LogP contribution in [0.4, 0.5) is 0 Å². The van der Waals surface area contributed by atoms with Gasteiger partial charge in [0.1, 0.15) is 0 Å². The number of hydrogen-bond acceptors (Lipinski definition) is 2. The maximum absolute atomic E-state index is 13.4. The summed E-state index contributed by atoms with van der Waals surface area (Å²) in [5, 5.41) is 0. The highest BCUT2D eigenvalue weighted by atomic mass is 32.2. The summed E-state index contributed by atoms with van der Waals surface area (Å²) in [7, 11) is -3.52. The van der Waals surface area contributed by atoms with Gasteiger partial charge in [0.25, 0.3) is 0 Å². The predicted molar refractivity (Wildman–Crippen MR) is 112 cm³/mol. The van der Waals surface area contributed by atoms with Crippen LogP contribution in [0.2, 0.25) is 0 Å². The van der Waals surface area contributed by atoms with E-state index >= 15 is 0 Å². The molecule has 0 amide bonds. The van der Waals surface area contributed by atoms with Crippen molar-refractivity contribution >= 4 is 16.1 Å². The van der Waals surface area contributed by atoms with Gasteiger partial charge in [-0.2, -0.15) is 4.31 Å². The fourth-order valence-corrected chi connectivity index (χ4v) is 5.37. The molecule has 0 aromatic heterocycles. The number of rotatable bonds is 4. The van der Waals surface area contributed by atoms with Gasteiger partial charge < -0.3 is 0 Å². The molecule has 2 aromatic rings. The monoisotopic (exact) mass is 383 g/mol. The fraction of sp³-hybridized carbons (Fsp3) is 0.391. The SMILES string of the molecule is Cc1ccc(S(=O)(=O)N2CCCC(C)(C)CC2/C=C/c2ccccc2)cc1. The van der Waals surface area contributed by atoms with Crippen molar-refractivity contribution in [1.82, 2.24) is 4.31 Å².